The van der Waals surface area contributed by atoms with E-state index in [0.29, 0.717) is 28.3 Å². The van der Waals surface area contributed by atoms with Crippen LogP contribution in [0.2, 0.25) is 5.02 Å². The molecule has 0 radical (unpaired) electrons. The molecule has 2 N–H and O–H groups in total. The molecule has 0 bridgehead atoms. The fourth-order valence-corrected chi connectivity index (χ4v) is 3.35. The molecular formula is C22H20ClN5O2. The SMILES string of the molecule is CC(NC(=O)CCc1nc2c(cnn2-c2ccccc2)c(=O)[nH]1)c1ccc(Cl)cc1. The number of hydrogen-bond donors (Lipinski definition) is 2. The van der Waals surface area contributed by atoms with Crippen LogP contribution in [-0.4, -0.2) is 25.7 Å². The molecule has 1 atom stereocenters. The summed E-state index contributed by atoms with van der Waals surface area (Å²) in [5.41, 5.74) is 1.97. The summed E-state index contributed by atoms with van der Waals surface area (Å²) >= 11 is 5.91. The Labute approximate surface area is 177 Å². The van der Waals surface area contributed by atoms with Crippen LogP contribution in [0.4, 0.5) is 0 Å². The van der Waals surface area contributed by atoms with Gasteiger partial charge < -0.3 is 10.3 Å². The molecule has 2 aromatic heterocycles. The van der Waals surface area contributed by atoms with Gasteiger partial charge in [-0.1, -0.05) is 41.9 Å². The van der Waals surface area contributed by atoms with E-state index in [9.17, 15) is 9.59 Å². The monoisotopic (exact) mass is 421 g/mol. The van der Waals surface area contributed by atoms with E-state index in [1.165, 1.54) is 6.20 Å². The molecule has 8 heteroatoms. The number of aryl methyl sites for hydroxylation is 1. The molecule has 4 aromatic rings. The molecule has 7 nitrogen and oxygen atoms in total. The van der Waals surface area contributed by atoms with E-state index in [1.807, 2.05) is 49.4 Å². The first kappa shape index (κ1) is 19.8. The maximum Gasteiger partial charge on any atom is 0.262 e. The first-order chi connectivity index (χ1) is 14.5. The van der Waals surface area contributed by atoms with Crippen LogP contribution in [0, 0.1) is 0 Å². The van der Waals surface area contributed by atoms with Gasteiger partial charge in [-0.05, 0) is 36.8 Å². The molecule has 0 fully saturated rings. The van der Waals surface area contributed by atoms with Crippen LogP contribution >= 0.6 is 11.6 Å². The fraction of sp³-hybridized carbons (Fsp3) is 0.182. The first-order valence-electron chi connectivity index (χ1n) is 9.58. The summed E-state index contributed by atoms with van der Waals surface area (Å²) in [6, 6.07) is 16.7. The van der Waals surface area contributed by atoms with Crippen LogP contribution in [0.1, 0.15) is 30.8 Å². The lowest BCUT2D eigenvalue weighted by atomic mass is 10.1. The smallest absolute Gasteiger partial charge is 0.262 e. The number of amides is 1. The zero-order valence-electron chi connectivity index (χ0n) is 16.3. The normalized spacial score (nSPS) is 12.1. The van der Waals surface area contributed by atoms with E-state index in [1.54, 1.807) is 16.8 Å². The van der Waals surface area contributed by atoms with Gasteiger partial charge in [-0.2, -0.15) is 5.10 Å². The van der Waals surface area contributed by atoms with E-state index >= 15 is 0 Å². The van der Waals surface area contributed by atoms with Gasteiger partial charge in [0.15, 0.2) is 5.65 Å². The van der Waals surface area contributed by atoms with Gasteiger partial charge >= 0.3 is 0 Å². The van der Waals surface area contributed by atoms with Crippen molar-refractivity contribution in [1.82, 2.24) is 25.1 Å². The summed E-state index contributed by atoms with van der Waals surface area (Å²) in [6.45, 7) is 1.91. The Bertz CT molecular complexity index is 1230. The predicted octanol–water partition coefficient (Wildman–Crippen LogP) is 3.57. The Morgan fingerprint density at radius 1 is 1.17 bits per heavy atom. The number of fused-ring (bicyclic) bond motifs is 1. The molecule has 152 valence electrons. The van der Waals surface area contributed by atoms with Crippen LogP contribution in [0.15, 0.2) is 65.6 Å². The van der Waals surface area contributed by atoms with Crippen molar-refractivity contribution < 1.29 is 4.79 Å². The third-order valence-corrected chi connectivity index (χ3v) is 5.08. The highest BCUT2D eigenvalue weighted by atomic mass is 35.5. The number of benzene rings is 2. The molecule has 30 heavy (non-hydrogen) atoms. The number of nitrogens with one attached hydrogen (secondary N) is 2. The van der Waals surface area contributed by atoms with E-state index < -0.39 is 0 Å². The summed E-state index contributed by atoms with van der Waals surface area (Å²) < 4.78 is 1.62. The number of H-pyrrole nitrogens is 1. The van der Waals surface area contributed by atoms with Gasteiger partial charge in [0, 0.05) is 17.9 Å². The quantitative estimate of drug-likeness (QED) is 0.497. The first-order valence-corrected chi connectivity index (χ1v) is 9.96. The largest absolute Gasteiger partial charge is 0.350 e. The Hall–Kier alpha value is -3.45. The molecule has 4 rings (SSSR count). The van der Waals surface area contributed by atoms with Crippen molar-refractivity contribution in [3.8, 4) is 5.69 Å². The van der Waals surface area contributed by atoms with Crippen molar-refractivity contribution in [2.75, 3.05) is 0 Å². The topological polar surface area (TPSA) is 92.7 Å². The molecule has 2 heterocycles. The van der Waals surface area contributed by atoms with Crippen molar-refractivity contribution in [3.63, 3.8) is 0 Å². The van der Waals surface area contributed by atoms with Crippen LogP contribution in [0.5, 0.6) is 0 Å². The molecule has 0 saturated carbocycles. The maximum atomic E-state index is 12.4. The number of hydrogen-bond acceptors (Lipinski definition) is 4. The average molecular weight is 422 g/mol. The standard InChI is InChI=1S/C22H20ClN5O2/c1-14(15-7-9-16(23)10-8-15)25-20(29)12-11-19-26-21-18(22(30)27-19)13-24-28(21)17-5-3-2-4-6-17/h2-10,13-14H,11-12H2,1H3,(H,25,29)(H,26,27,30). The number of carbonyl (C=O) groups is 1. The van der Waals surface area contributed by atoms with Crippen LogP contribution in [0.25, 0.3) is 16.7 Å². The minimum Gasteiger partial charge on any atom is -0.350 e. The third-order valence-electron chi connectivity index (χ3n) is 4.82. The second-order valence-corrected chi connectivity index (χ2v) is 7.42. The minimum absolute atomic E-state index is 0.128. The fourth-order valence-electron chi connectivity index (χ4n) is 3.22. The van der Waals surface area contributed by atoms with E-state index in [4.69, 9.17) is 11.6 Å². The summed E-state index contributed by atoms with van der Waals surface area (Å²) in [4.78, 5) is 32.1. The summed E-state index contributed by atoms with van der Waals surface area (Å²) in [5, 5.41) is 8.29. The molecule has 0 saturated heterocycles. The van der Waals surface area contributed by atoms with Crippen molar-refractivity contribution in [2.45, 2.75) is 25.8 Å². The number of aromatic amines is 1. The highest BCUT2D eigenvalue weighted by Crippen LogP contribution is 2.17. The summed E-state index contributed by atoms with van der Waals surface area (Å²) in [5.74, 6) is 0.316. The van der Waals surface area contributed by atoms with Crippen LogP contribution < -0.4 is 10.9 Å². The number of para-hydroxylation sites is 1. The lowest BCUT2D eigenvalue weighted by molar-refractivity contribution is -0.121. The second kappa shape index (κ2) is 8.51. The van der Waals surface area contributed by atoms with Gasteiger partial charge in [0.1, 0.15) is 11.2 Å². The maximum absolute atomic E-state index is 12.4. The van der Waals surface area contributed by atoms with E-state index in [-0.39, 0.29) is 23.9 Å². The second-order valence-electron chi connectivity index (χ2n) is 6.98. The third kappa shape index (κ3) is 4.26. The Balaban J connectivity index is 1.48. The number of nitrogens with zero attached hydrogens (tertiary/aromatic N) is 3. The summed E-state index contributed by atoms with van der Waals surface area (Å²) in [7, 11) is 0. The predicted molar refractivity (Wildman–Crippen MR) is 116 cm³/mol. The molecule has 0 aliphatic carbocycles. The van der Waals surface area contributed by atoms with Gasteiger partial charge in [0.05, 0.1) is 17.9 Å². The number of carbonyl (C=O) groups excluding carboxylic acids is 1. The molecule has 1 unspecified atom stereocenters. The molecule has 2 aromatic carbocycles. The zero-order valence-corrected chi connectivity index (χ0v) is 17.1. The zero-order chi connectivity index (χ0) is 21.1. The van der Waals surface area contributed by atoms with Crippen LogP contribution in [-0.2, 0) is 11.2 Å². The number of aromatic nitrogens is 4. The van der Waals surface area contributed by atoms with Crippen molar-refractivity contribution >= 4 is 28.5 Å². The van der Waals surface area contributed by atoms with Crippen molar-refractivity contribution in [1.29, 1.82) is 0 Å². The van der Waals surface area contributed by atoms with Gasteiger partial charge in [0.2, 0.25) is 5.91 Å². The van der Waals surface area contributed by atoms with E-state index in [0.717, 1.165) is 11.3 Å². The highest BCUT2D eigenvalue weighted by molar-refractivity contribution is 6.30. The molecule has 0 spiro atoms. The van der Waals surface area contributed by atoms with Gasteiger partial charge in [-0.15, -0.1) is 0 Å². The molecule has 1 amide bonds. The van der Waals surface area contributed by atoms with Gasteiger partial charge in [0.25, 0.3) is 5.56 Å². The highest BCUT2D eigenvalue weighted by Gasteiger charge is 2.14. The lowest BCUT2D eigenvalue weighted by Crippen LogP contribution is -2.27. The summed E-state index contributed by atoms with van der Waals surface area (Å²) in [6.07, 6.45) is 2.01. The Kier molecular flexibility index (Phi) is 5.63. The minimum atomic E-state index is -0.271. The lowest BCUT2D eigenvalue weighted by Gasteiger charge is -2.14. The average Bonchev–Trinajstić information content (AvgIpc) is 3.18. The van der Waals surface area contributed by atoms with Crippen LogP contribution in [0.3, 0.4) is 0 Å². The van der Waals surface area contributed by atoms with Gasteiger partial charge in [-0.3, -0.25) is 9.59 Å². The molecule has 0 aliphatic heterocycles. The number of rotatable bonds is 6. The van der Waals surface area contributed by atoms with Crippen molar-refractivity contribution in [3.05, 3.63) is 87.6 Å². The Morgan fingerprint density at radius 3 is 2.63 bits per heavy atom. The Morgan fingerprint density at radius 2 is 1.90 bits per heavy atom. The van der Waals surface area contributed by atoms with Gasteiger partial charge in [-0.25, -0.2) is 9.67 Å². The molecule has 0 aliphatic rings. The molecular weight excluding hydrogens is 402 g/mol. The van der Waals surface area contributed by atoms with E-state index in [2.05, 4.69) is 20.4 Å². The van der Waals surface area contributed by atoms with Crippen molar-refractivity contribution in [2.24, 2.45) is 0 Å². The number of halogens is 1.